The molecule has 4 N–H and O–H groups in total. The number of fused-ring (bicyclic) bond motifs is 1. The first-order valence-electron chi connectivity index (χ1n) is 11.3. The van der Waals surface area contributed by atoms with Crippen LogP contribution in [0, 0.1) is 0 Å². The minimum Gasteiger partial charge on any atom is -0.497 e. The number of furan rings is 1. The van der Waals surface area contributed by atoms with Gasteiger partial charge in [-0.15, -0.1) is 0 Å². The Balaban J connectivity index is 1.43. The molecular formula is C25H29N5O3. The molecule has 3 aromatic heterocycles. The van der Waals surface area contributed by atoms with Gasteiger partial charge in [-0.25, -0.2) is 4.98 Å². The summed E-state index contributed by atoms with van der Waals surface area (Å²) in [6.45, 7) is 4.03. The van der Waals surface area contributed by atoms with Crippen LogP contribution in [-0.2, 0) is 6.42 Å². The number of nitrogens with zero attached hydrogens (tertiary/aromatic N) is 2. The quantitative estimate of drug-likeness (QED) is 0.388. The number of benzene rings is 1. The number of anilines is 1. The molecule has 8 nitrogen and oxygen atoms in total. The Labute approximate surface area is 192 Å². The molecule has 0 radical (unpaired) electrons. The predicted octanol–water partition coefficient (Wildman–Crippen LogP) is 4.29. The number of H-pyrrole nitrogens is 1. The van der Waals surface area contributed by atoms with E-state index in [9.17, 15) is 0 Å². The standard InChI is InChI=1S/C25H29N5O3/c1-15(10-16-4-3-5-18(11-16)31-2)33-24-23-20(12-28-25(24)26)21(14-32-23)19-13-29-30-22(19)17-6-8-27-9-7-17/h3-5,11-15,17,27H,6-10H2,1-2H3,(H2,26,28)(H,29,30). The Kier molecular flexibility index (Phi) is 5.92. The van der Waals surface area contributed by atoms with Gasteiger partial charge in [0.15, 0.2) is 11.4 Å². The van der Waals surface area contributed by atoms with Gasteiger partial charge >= 0.3 is 0 Å². The maximum Gasteiger partial charge on any atom is 0.205 e. The average Bonchev–Trinajstić information content (AvgIpc) is 3.48. The molecular weight excluding hydrogens is 418 g/mol. The van der Waals surface area contributed by atoms with E-state index < -0.39 is 0 Å². The largest absolute Gasteiger partial charge is 0.497 e. The van der Waals surface area contributed by atoms with E-state index in [1.807, 2.05) is 31.3 Å². The molecule has 0 saturated carbocycles. The van der Waals surface area contributed by atoms with Crippen LogP contribution in [0.25, 0.3) is 22.1 Å². The summed E-state index contributed by atoms with van der Waals surface area (Å²) in [5.41, 5.74) is 11.1. The lowest BCUT2D eigenvalue weighted by Gasteiger charge is -2.22. The molecule has 0 bridgehead atoms. The fourth-order valence-electron chi connectivity index (χ4n) is 4.61. The van der Waals surface area contributed by atoms with Crippen molar-refractivity contribution in [2.24, 2.45) is 0 Å². The highest BCUT2D eigenvalue weighted by Gasteiger charge is 2.24. The third-order valence-electron chi connectivity index (χ3n) is 6.28. The number of piperidine rings is 1. The topological polar surface area (TPSA) is 111 Å². The van der Waals surface area contributed by atoms with Crippen LogP contribution >= 0.6 is 0 Å². The molecule has 1 aliphatic heterocycles. The van der Waals surface area contributed by atoms with Crippen molar-refractivity contribution in [1.82, 2.24) is 20.5 Å². The van der Waals surface area contributed by atoms with Crippen LogP contribution in [0.15, 0.2) is 47.3 Å². The van der Waals surface area contributed by atoms with Crippen molar-refractivity contribution in [3.8, 4) is 22.6 Å². The number of nitrogens with one attached hydrogen (secondary N) is 2. The molecule has 4 aromatic rings. The van der Waals surface area contributed by atoms with E-state index in [0.717, 1.165) is 59.5 Å². The molecule has 1 atom stereocenters. The van der Waals surface area contributed by atoms with Gasteiger partial charge in [0, 0.05) is 35.4 Å². The monoisotopic (exact) mass is 447 g/mol. The average molecular weight is 448 g/mol. The zero-order chi connectivity index (χ0) is 22.8. The number of methoxy groups -OCH3 is 1. The van der Waals surface area contributed by atoms with Crippen LogP contribution in [-0.4, -0.2) is 41.5 Å². The van der Waals surface area contributed by atoms with Gasteiger partial charge in [0.05, 0.1) is 18.7 Å². The Morgan fingerprint density at radius 3 is 2.88 bits per heavy atom. The number of aromatic amines is 1. The fraction of sp³-hybridized carbons (Fsp3) is 0.360. The molecule has 0 spiro atoms. The molecule has 1 aromatic carbocycles. The molecule has 5 rings (SSSR count). The Morgan fingerprint density at radius 2 is 2.06 bits per heavy atom. The summed E-state index contributed by atoms with van der Waals surface area (Å²) in [7, 11) is 1.66. The summed E-state index contributed by atoms with van der Waals surface area (Å²) in [6.07, 6.45) is 8.08. The molecule has 1 fully saturated rings. The summed E-state index contributed by atoms with van der Waals surface area (Å²) >= 11 is 0. The van der Waals surface area contributed by atoms with E-state index in [1.165, 1.54) is 0 Å². The SMILES string of the molecule is COc1cccc(CC(C)Oc2c(N)ncc3c(-c4cn[nH]c4C4CCNCC4)coc23)c1. The van der Waals surface area contributed by atoms with Crippen LogP contribution in [0.2, 0.25) is 0 Å². The van der Waals surface area contributed by atoms with Crippen LogP contribution in [0.4, 0.5) is 5.82 Å². The number of hydrogen-bond acceptors (Lipinski definition) is 7. The summed E-state index contributed by atoms with van der Waals surface area (Å²) in [5.74, 6) is 2.05. The highest BCUT2D eigenvalue weighted by atomic mass is 16.5. The fourth-order valence-corrected chi connectivity index (χ4v) is 4.61. The van der Waals surface area contributed by atoms with Gasteiger partial charge in [0.1, 0.15) is 18.1 Å². The first-order valence-corrected chi connectivity index (χ1v) is 11.3. The van der Waals surface area contributed by atoms with E-state index in [4.69, 9.17) is 19.6 Å². The molecule has 1 aliphatic rings. The van der Waals surface area contributed by atoms with E-state index in [2.05, 4.69) is 26.6 Å². The van der Waals surface area contributed by atoms with Crippen LogP contribution < -0.4 is 20.5 Å². The molecule has 1 unspecified atom stereocenters. The van der Waals surface area contributed by atoms with E-state index >= 15 is 0 Å². The number of hydrogen-bond donors (Lipinski definition) is 3. The number of rotatable bonds is 7. The van der Waals surface area contributed by atoms with Gasteiger partial charge in [-0.3, -0.25) is 5.10 Å². The number of nitrogen functional groups attached to an aromatic ring is 1. The second-order valence-corrected chi connectivity index (χ2v) is 8.57. The smallest absolute Gasteiger partial charge is 0.205 e. The summed E-state index contributed by atoms with van der Waals surface area (Å²) < 4.78 is 17.6. The van der Waals surface area contributed by atoms with Gasteiger partial charge in [0.25, 0.3) is 0 Å². The zero-order valence-electron chi connectivity index (χ0n) is 18.9. The second kappa shape index (κ2) is 9.15. The zero-order valence-corrected chi connectivity index (χ0v) is 18.9. The van der Waals surface area contributed by atoms with E-state index in [1.54, 1.807) is 19.6 Å². The number of pyridine rings is 1. The van der Waals surface area contributed by atoms with Crippen LogP contribution in [0.1, 0.15) is 36.9 Å². The van der Waals surface area contributed by atoms with Crippen molar-refractivity contribution in [2.45, 2.75) is 38.2 Å². The highest BCUT2D eigenvalue weighted by molar-refractivity contribution is 5.98. The third kappa shape index (κ3) is 4.26. The predicted molar refractivity (Wildman–Crippen MR) is 128 cm³/mol. The van der Waals surface area contributed by atoms with Gasteiger partial charge in [-0.05, 0) is 50.6 Å². The normalized spacial score (nSPS) is 15.6. The third-order valence-corrected chi connectivity index (χ3v) is 6.28. The molecule has 4 heterocycles. The highest BCUT2D eigenvalue weighted by Crippen LogP contribution is 2.41. The first-order chi connectivity index (χ1) is 16.1. The molecule has 1 saturated heterocycles. The number of ether oxygens (including phenoxy) is 2. The van der Waals surface area contributed by atoms with E-state index in [0.29, 0.717) is 29.5 Å². The van der Waals surface area contributed by atoms with Gasteiger partial charge in [0.2, 0.25) is 5.75 Å². The Bertz CT molecular complexity index is 1240. The maximum absolute atomic E-state index is 6.26. The molecule has 8 heteroatoms. The van der Waals surface area contributed by atoms with Crippen molar-refractivity contribution >= 4 is 16.8 Å². The summed E-state index contributed by atoms with van der Waals surface area (Å²) in [6, 6.07) is 7.96. The summed E-state index contributed by atoms with van der Waals surface area (Å²) in [5, 5.41) is 11.8. The van der Waals surface area contributed by atoms with E-state index in [-0.39, 0.29) is 6.10 Å². The second-order valence-electron chi connectivity index (χ2n) is 8.57. The molecule has 0 amide bonds. The van der Waals surface area contributed by atoms with Crippen LogP contribution in [0.3, 0.4) is 0 Å². The summed E-state index contributed by atoms with van der Waals surface area (Å²) in [4.78, 5) is 4.41. The van der Waals surface area contributed by atoms with Crippen molar-refractivity contribution in [3.63, 3.8) is 0 Å². The lowest BCUT2D eigenvalue weighted by Crippen LogP contribution is -2.27. The Morgan fingerprint density at radius 1 is 1.21 bits per heavy atom. The lowest BCUT2D eigenvalue weighted by molar-refractivity contribution is 0.223. The van der Waals surface area contributed by atoms with Gasteiger partial charge in [-0.1, -0.05) is 12.1 Å². The number of aromatic nitrogens is 3. The van der Waals surface area contributed by atoms with Crippen molar-refractivity contribution in [2.75, 3.05) is 25.9 Å². The molecule has 33 heavy (non-hydrogen) atoms. The Hall–Kier alpha value is -3.52. The minimum atomic E-state index is -0.139. The maximum atomic E-state index is 6.26. The van der Waals surface area contributed by atoms with Gasteiger partial charge in [-0.2, -0.15) is 5.10 Å². The van der Waals surface area contributed by atoms with Crippen molar-refractivity contribution in [1.29, 1.82) is 0 Å². The lowest BCUT2D eigenvalue weighted by atomic mass is 9.90. The first kappa shape index (κ1) is 21.3. The van der Waals surface area contributed by atoms with Crippen LogP contribution in [0.5, 0.6) is 11.5 Å². The van der Waals surface area contributed by atoms with Gasteiger partial charge < -0.3 is 24.9 Å². The number of nitrogens with two attached hydrogens (primary N) is 1. The minimum absolute atomic E-state index is 0.139. The van der Waals surface area contributed by atoms with Crippen molar-refractivity contribution in [3.05, 3.63) is 54.2 Å². The van der Waals surface area contributed by atoms with Crippen molar-refractivity contribution < 1.29 is 13.9 Å². The molecule has 0 aliphatic carbocycles. The molecule has 172 valence electrons.